The molecule has 0 N–H and O–H groups in total. The van der Waals surface area contributed by atoms with Crippen molar-refractivity contribution in [2.75, 3.05) is 0 Å². The van der Waals surface area contributed by atoms with Crippen molar-refractivity contribution in [1.82, 2.24) is 0 Å². The summed E-state index contributed by atoms with van der Waals surface area (Å²) >= 11 is 0. The lowest BCUT2D eigenvalue weighted by atomic mass is 9.88. The molecule has 0 aliphatic rings. The third-order valence-corrected chi connectivity index (χ3v) is 13.2. The van der Waals surface area contributed by atoms with Gasteiger partial charge in [-0.3, -0.25) is 0 Å². The monoisotopic (exact) mass is 836 g/mol. The van der Waals surface area contributed by atoms with Gasteiger partial charge in [-0.05, 0) is 145 Å². The Hall–Kier alpha value is -8.58. The van der Waals surface area contributed by atoms with Crippen molar-refractivity contribution >= 4 is 101 Å². The van der Waals surface area contributed by atoms with Gasteiger partial charge < -0.3 is 0 Å². The van der Waals surface area contributed by atoms with Crippen LogP contribution in [0.3, 0.4) is 0 Å². The third-order valence-electron chi connectivity index (χ3n) is 13.2. The fourth-order valence-corrected chi connectivity index (χ4v) is 10.0. The van der Waals surface area contributed by atoms with Gasteiger partial charge >= 0.3 is 0 Å². The fraction of sp³-hybridized carbons (Fsp3) is 0. The summed E-state index contributed by atoms with van der Waals surface area (Å²) in [5, 5.41) is 15.0. The zero-order valence-corrected chi connectivity index (χ0v) is 36.4. The van der Waals surface area contributed by atoms with E-state index in [1.54, 1.807) is 0 Å². The van der Waals surface area contributed by atoms with Crippen molar-refractivity contribution in [3.05, 3.63) is 264 Å². The lowest BCUT2D eigenvalue weighted by molar-refractivity contribution is 1.66. The van der Waals surface area contributed by atoms with Crippen LogP contribution in [0.4, 0.5) is 0 Å². The van der Waals surface area contributed by atoms with Crippen molar-refractivity contribution in [3.8, 4) is 22.3 Å². The second-order valence-corrected chi connectivity index (χ2v) is 17.2. The lowest BCUT2D eigenvalue weighted by Gasteiger charge is -2.15. The van der Waals surface area contributed by atoms with Crippen LogP contribution >= 0.6 is 0 Å². The Labute approximate surface area is 385 Å². The normalized spacial score (nSPS) is 12.1. The fourth-order valence-electron chi connectivity index (χ4n) is 10.0. The van der Waals surface area contributed by atoms with Crippen molar-refractivity contribution in [2.24, 2.45) is 0 Å². The molecule has 0 aliphatic carbocycles. The van der Waals surface area contributed by atoms with Crippen molar-refractivity contribution in [3.63, 3.8) is 0 Å². The van der Waals surface area contributed by atoms with E-state index in [4.69, 9.17) is 0 Å². The second kappa shape index (κ2) is 16.8. The van der Waals surface area contributed by atoms with Gasteiger partial charge in [0.05, 0.1) is 0 Å². The molecule has 0 heterocycles. The zero-order chi connectivity index (χ0) is 43.8. The first-order chi connectivity index (χ1) is 32.7. The maximum Gasteiger partial charge on any atom is -0.00264 e. The van der Waals surface area contributed by atoms with E-state index in [0.29, 0.717) is 0 Å². The van der Waals surface area contributed by atoms with Crippen molar-refractivity contribution in [1.29, 1.82) is 0 Å². The first-order valence-corrected chi connectivity index (χ1v) is 22.8. The smallest absolute Gasteiger partial charge is 0.00264 e. The van der Waals surface area contributed by atoms with Crippen LogP contribution in [0.25, 0.3) is 123 Å². The van der Waals surface area contributed by atoms with Gasteiger partial charge in [0.25, 0.3) is 0 Å². The van der Waals surface area contributed by atoms with Gasteiger partial charge in [-0.2, -0.15) is 0 Å². The lowest BCUT2D eigenvalue weighted by Crippen LogP contribution is -1.89. The van der Waals surface area contributed by atoms with Crippen LogP contribution in [-0.2, 0) is 0 Å². The van der Waals surface area contributed by atoms with E-state index in [-0.39, 0.29) is 0 Å². The van der Waals surface area contributed by atoms with Crippen LogP contribution in [0, 0.1) is 0 Å². The molecule has 0 unspecified atom stereocenters. The Balaban J connectivity index is 0.794. The number of rotatable bonds is 8. The third kappa shape index (κ3) is 7.25. The largest absolute Gasteiger partial charge is 0.0622 e. The highest BCUT2D eigenvalue weighted by Crippen LogP contribution is 2.42. The minimum Gasteiger partial charge on any atom is -0.0622 e. The maximum atomic E-state index is 2.30. The summed E-state index contributed by atoms with van der Waals surface area (Å²) in [5.74, 6) is 0. The van der Waals surface area contributed by atoms with Crippen molar-refractivity contribution in [2.45, 2.75) is 0 Å². The predicted molar refractivity (Wildman–Crippen MR) is 288 cm³/mol. The zero-order valence-electron chi connectivity index (χ0n) is 36.4. The summed E-state index contributed by atoms with van der Waals surface area (Å²) in [5.41, 5.74) is 12.3. The van der Waals surface area contributed by atoms with E-state index < -0.39 is 0 Å². The molecule has 0 atom stereocenters. The van der Waals surface area contributed by atoms with E-state index in [0.717, 1.165) is 0 Å². The average Bonchev–Trinajstić information content (AvgIpc) is 3.38. The van der Waals surface area contributed by atoms with E-state index in [2.05, 4.69) is 267 Å². The standard InChI is InChI=1S/C66H44/c1-3-15-49(16-4-1)65-61-23-11-7-19-55(61)59(56-20-8-12-24-62(56)65)39-33-47-31-37-51-41-45(29-35-53(51)43-47)27-28-46-30-36-54-44-48(32-38-52(54)42-46)34-40-60-57-21-9-13-25-63(57)66(50-17-5-2-6-18-50)64-26-14-10-22-58(60)64/h1-44H/b28-27+,39-33+,40-34+. The molecule has 0 aliphatic heterocycles. The van der Waals surface area contributed by atoms with Crippen LogP contribution in [0.2, 0.25) is 0 Å². The van der Waals surface area contributed by atoms with Gasteiger partial charge in [0.15, 0.2) is 0 Å². The molecule has 0 nitrogen and oxygen atoms in total. The highest BCUT2D eigenvalue weighted by Gasteiger charge is 2.15. The minimum atomic E-state index is 1.18. The van der Waals surface area contributed by atoms with E-state index >= 15 is 0 Å². The van der Waals surface area contributed by atoms with Crippen molar-refractivity contribution < 1.29 is 0 Å². The summed E-state index contributed by atoms with van der Waals surface area (Å²) in [6, 6.07) is 83.8. The summed E-state index contributed by atoms with van der Waals surface area (Å²) in [7, 11) is 0. The van der Waals surface area contributed by atoms with Crippen LogP contribution < -0.4 is 0 Å². The number of hydrogen-bond acceptors (Lipinski definition) is 0. The number of hydrogen-bond donors (Lipinski definition) is 0. The molecule has 0 bridgehead atoms. The first-order valence-electron chi connectivity index (χ1n) is 22.8. The highest BCUT2D eigenvalue weighted by molar-refractivity contribution is 6.19. The number of fused-ring (bicyclic) bond motifs is 6. The Morgan fingerprint density at radius 3 is 0.727 bits per heavy atom. The minimum absolute atomic E-state index is 1.18. The summed E-state index contributed by atoms with van der Waals surface area (Å²) in [4.78, 5) is 0. The van der Waals surface area contributed by atoms with Gasteiger partial charge in [-0.25, -0.2) is 0 Å². The molecular weight excluding hydrogens is 793 g/mol. The molecule has 308 valence electrons. The van der Waals surface area contributed by atoms with Gasteiger partial charge in [0.1, 0.15) is 0 Å². The van der Waals surface area contributed by atoms with Crippen LogP contribution in [0.15, 0.2) is 231 Å². The molecule has 0 saturated carbocycles. The number of benzene rings is 12. The molecule has 0 aromatic heterocycles. The quantitative estimate of drug-likeness (QED) is 0.106. The van der Waals surface area contributed by atoms with Gasteiger partial charge in [0, 0.05) is 0 Å². The average molecular weight is 837 g/mol. The second-order valence-electron chi connectivity index (χ2n) is 17.2. The molecule has 66 heavy (non-hydrogen) atoms. The summed E-state index contributed by atoms with van der Waals surface area (Å²) < 4.78 is 0. The molecule has 12 aromatic carbocycles. The molecular formula is C66H44. The Morgan fingerprint density at radius 1 is 0.197 bits per heavy atom. The first kappa shape index (κ1) is 39.0. The molecule has 0 fully saturated rings. The molecule has 12 rings (SSSR count). The van der Waals surface area contributed by atoms with Gasteiger partial charge in [0.2, 0.25) is 0 Å². The van der Waals surface area contributed by atoms with Crippen LogP contribution in [0.5, 0.6) is 0 Å². The molecule has 0 amide bonds. The highest BCUT2D eigenvalue weighted by atomic mass is 14.2. The van der Waals surface area contributed by atoms with Gasteiger partial charge in [-0.15, -0.1) is 0 Å². The molecule has 12 aromatic rings. The topological polar surface area (TPSA) is 0 Å². The molecule has 0 saturated heterocycles. The van der Waals surface area contributed by atoms with E-state index in [9.17, 15) is 0 Å². The van der Waals surface area contributed by atoms with E-state index in [1.807, 2.05) is 0 Å². The SMILES string of the molecule is C(=C\c1ccc2cc(/C=C/c3c4ccccc4c(-c4ccccc4)c4ccccc34)ccc2c1)/c1ccc2cc(/C=C/c3c4ccccc4c(-c4ccccc4)c4ccccc34)ccc2c1. The Morgan fingerprint density at radius 2 is 0.439 bits per heavy atom. The summed E-state index contributed by atoms with van der Waals surface area (Å²) in [6.45, 7) is 0. The molecule has 0 radical (unpaired) electrons. The maximum absolute atomic E-state index is 2.30. The van der Waals surface area contributed by atoms with Crippen LogP contribution in [0.1, 0.15) is 33.4 Å². The van der Waals surface area contributed by atoms with Gasteiger partial charge in [-0.1, -0.05) is 243 Å². The molecule has 0 spiro atoms. The van der Waals surface area contributed by atoms with Crippen LogP contribution in [-0.4, -0.2) is 0 Å². The molecule has 0 heteroatoms. The summed E-state index contributed by atoms with van der Waals surface area (Å²) in [6.07, 6.45) is 13.6. The Kier molecular flexibility index (Phi) is 9.97. The Bertz CT molecular complexity index is 3530. The van der Waals surface area contributed by atoms with E-state index in [1.165, 1.54) is 120 Å². The predicted octanol–water partition coefficient (Wildman–Crippen LogP) is 18.5.